The van der Waals surface area contributed by atoms with Crippen molar-refractivity contribution in [1.82, 2.24) is 5.32 Å². The van der Waals surface area contributed by atoms with Gasteiger partial charge in [0.15, 0.2) is 5.82 Å². The van der Waals surface area contributed by atoms with Crippen LogP contribution >= 0.6 is 0 Å². The summed E-state index contributed by atoms with van der Waals surface area (Å²) >= 11 is 0. The third kappa shape index (κ3) is 3.47. The quantitative estimate of drug-likeness (QED) is 0.689. The van der Waals surface area contributed by atoms with Gasteiger partial charge in [-0.3, -0.25) is 0 Å². The Labute approximate surface area is 95.5 Å². The fourth-order valence-corrected chi connectivity index (χ4v) is 1.34. The Bertz CT molecular complexity index is 361. The molecule has 0 aliphatic heterocycles. The highest BCUT2D eigenvalue weighted by Crippen LogP contribution is 2.21. The van der Waals surface area contributed by atoms with Gasteiger partial charge in [-0.05, 0) is 26.8 Å². The van der Waals surface area contributed by atoms with E-state index in [1.54, 1.807) is 12.1 Å². The molecule has 0 heterocycles. The lowest BCUT2D eigenvalue weighted by Crippen LogP contribution is -2.38. The van der Waals surface area contributed by atoms with Crippen molar-refractivity contribution in [2.75, 3.05) is 12.3 Å². The zero-order chi connectivity index (χ0) is 12.3. The third-order valence-corrected chi connectivity index (χ3v) is 2.24. The molecule has 1 aromatic rings. The minimum atomic E-state index is -0.886. The number of hydrogen-bond acceptors (Lipinski definition) is 3. The van der Waals surface area contributed by atoms with Crippen LogP contribution in [0.25, 0.3) is 0 Å². The van der Waals surface area contributed by atoms with E-state index in [0.717, 1.165) is 0 Å². The first-order valence-corrected chi connectivity index (χ1v) is 5.28. The summed E-state index contributed by atoms with van der Waals surface area (Å²) in [4.78, 5) is 0. The molecule has 1 rings (SSSR count). The van der Waals surface area contributed by atoms with Gasteiger partial charge in [-0.2, -0.15) is 0 Å². The van der Waals surface area contributed by atoms with Crippen LogP contribution < -0.4 is 11.1 Å². The predicted octanol–water partition coefficient (Wildman–Crippen LogP) is 1.83. The van der Waals surface area contributed by atoms with E-state index in [2.05, 4.69) is 5.32 Å². The van der Waals surface area contributed by atoms with Crippen LogP contribution in [0.2, 0.25) is 0 Å². The first-order chi connectivity index (χ1) is 7.31. The first kappa shape index (κ1) is 12.9. The number of β-amino-alcohol motifs (C(OH)–C–C–N with tert-alkyl or cyclic N) is 1. The molecule has 0 aliphatic carbocycles. The zero-order valence-electron chi connectivity index (χ0n) is 9.92. The number of nitrogens with one attached hydrogen (secondary N) is 1. The largest absolute Gasteiger partial charge is 0.396 e. The van der Waals surface area contributed by atoms with Crippen LogP contribution in [0.4, 0.5) is 10.1 Å². The number of hydrogen-bond donors (Lipinski definition) is 3. The van der Waals surface area contributed by atoms with Crippen molar-refractivity contribution in [3.63, 3.8) is 0 Å². The van der Waals surface area contributed by atoms with Gasteiger partial charge in [0, 0.05) is 17.6 Å². The maximum absolute atomic E-state index is 13.6. The van der Waals surface area contributed by atoms with Crippen molar-refractivity contribution in [3.05, 3.63) is 29.6 Å². The van der Waals surface area contributed by atoms with E-state index in [-0.39, 0.29) is 16.8 Å². The summed E-state index contributed by atoms with van der Waals surface area (Å²) in [6.45, 7) is 6.24. The molecule has 4 heteroatoms. The van der Waals surface area contributed by atoms with Gasteiger partial charge in [0.25, 0.3) is 0 Å². The van der Waals surface area contributed by atoms with Crippen LogP contribution in [0.3, 0.4) is 0 Å². The smallest absolute Gasteiger partial charge is 0.151 e. The third-order valence-electron chi connectivity index (χ3n) is 2.24. The minimum absolute atomic E-state index is 0.0623. The molecular formula is C12H19FN2O. The fraction of sp³-hybridized carbons (Fsp3) is 0.500. The number of halogens is 1. The first-order valence-electron chi connectivity index (χ1n) is 5.28. The molecule has 4 N–H and O–H groups in total. The Morgan fingerprint density at radius 3 is 2.62 bits per heavy atom. The maximum atomic E-state index is 13.6. The molecule has 0 bridgehead atoms. The van der Waals surface area contributed by atoms with Gasteiger partial charge in [-0.15, -0.1) is 0 Å². The summed E-state index contributed by atoms with van der Waals surface area (Å²) < 4.78 is 13.6. The van der Waals surface area contributed by atoms with Crippen molar-refractivity contribution in [1.29, 1.82) is 0 Å². The molecule has 16 heavy (non-hydrogen) atoms. The molecule has 1 unspecified atom stereocenters. The number of benzene rings is 1. The maximum Gasteiger partial charge on any atom is 0.151 e. The highest BCUT2D eigenvalue weighted by atomic mass is 19.1. The molecule has 0 fully saturated rings. The van der Waals surface area contributed by atoms with Crippen LogP contribution in [-0.4, -0.2) is 17.2 Å². The number of rotatable bonds is 3. The van der Waals surface area contributed by atoms with Gasteiger partial charge >= 0.3 is 0 Å². The van der Waals surface area contributed by atoms with Gasteiger partial charge in [0.05, 0.1) is 11.8 Å². The summed E-state index contributed by atoms with van der Waals surface area (Å²) in [7, 11) is 0. The number of aliphatic hydroxyl groups is 1. The SMILES string of the molecule is CC(C)(C)NCC(O)c1cccc(N)c1F. The molecule has 0 aromatic heterocycles. The highest BCUT2D eigenvalue weighted by molar-refractivity contribution is 5.43. The molecular weight excluding hydrogens is 207 g/mol. The van der Waals surface area contributed by atoms with Crippen LogP contribution in [-0.2, 0) is 0 Å². The average molecular weight is 226 g/mol. The Balaban J connectivity index is 2.73. The van der Waals surface area contributed by atoms with Gasteiger partial charge in [-0.25, -0.2) is 4.39 Å². The van der Waals surface area contributed by atoms with Crippen LogP contribution in [0.15, 0.2) is 18.2 Å². The van der Waals surface area contributed by atoms with E-state index < -0.39 is 11.9 Å². The summed E-state index contributed by atoms with van der Waals surface area (Å²) in [5, 5.41) is 12.9. The average Bonchev–Trinajstić information content (AvgIpc) is 2.17. The van der Waals surface area contributed by atoms with Crippen LogP contribution in [0, 0.1) is 5.82 Å². The second-order valence-corrected chi connectivity index (χ2v) is 4.90. The molecule has 0 spiro atoms. The zero-order valence-corrected chi connectivity index (χ0v) is 9.92. The Morgan fingerprint density at radius 1 is 1.44 bits per heavy atom. The van der Waals surface area contributed by atoms with E-state index in [4.69, 9.17) is 5.73 Å². The van der Waals surface area contributed by atoms with Gasteiger partial charge in [0.1, 0.15) is 0 Å². The summed E-state index contributed by atoms with van der Waals surface area (Å²) in [5.74, 6) is -0.536. The monoisotopic (exact) mass is 226 g/mol. The Morgan fingerprint density at radius 2 is 2.06 bits per heavy atom. The molecule has 0 saturated carbocycles. The van der Waals surface area contributed by atoms with E-state index in [9.17, 15) is 9.50 Å². The molecule has 1 aromatic carbocycles. The lowest BCUT2D eigenvalue weighted by atomic mass is 10.1. The van der Waals surface area contributed by atoms with E-state index >= 15 is 0 Å². The summed E-state index contributed by atoms with van der Waals surface area (Å²) in [6.07, 6.45) is -0.886. The second kappa shape index (κ2) is 4.80. The molecule has 3 nitrogen and oxygen atoms in total. The van der Waals surface area contributed by atoms with Crippen molar-refractivity contribution in [2.45, 2.75) is 32.4 Å². The molecule has 0 amide bonds. The van der Waals surface area contributed by atoms with Gasteiger partial charge in [-0.1, -0.05) is 12.1 Å². The lowest BCUT2D eigenvalue weighted by Gasteiger charge is -2.23. The normalized spacial score (nSPS) is 13.8. The van der Waals surface area contributed by atoms with Gasteiger partial charge < -0.3 is 16.2 Å². The standard InChI is InChI=1S/C12H19FN2O/c1-12(2,3)15-7-10(16)8-5-4-6-9(14)11(8)13/h4-6,10,15-16H,7,14H2,1-3H3. The number of aliphatic hydroxyl groups excluding tert-OH is 1. The van der Waals surface area contributed by atoms with E-state index in [1.165, 1.54) is 6.07 Å². The van der Waals surface area contributed by atoms with Crippen LogP contribution in [0.1, 0.15) is 32.4 Å². The molecule has 0 aliphatic rings. The molecule has 0 radical (unpaired) electrons. The second-order valence-electron chi connectivity index (χ2n) is 4.90. The predicted molar refractivity (Wildman–Crippen MR) is 63.5 cm³/mol. The van der Waals surface area contributed by atoms with Crippen molar-refractivity contribution >= 4 is 5.69 Å². The topological polar surface area (TPSA) is 58.3 Å². The summed E-state index contributed by atoms with van der Waals surface area (Å²) in [5.41, 5.74) is 5.62. The number of nitrogen functional groups attached to an aromatic ring is 1. The van der Waals surface area contributed by atoms with Crippen molar-refractivity contribution < 1.29 is 9.50 Å². The molecule has 90 valence electrons. The lowest BCUT2D eigenvalue weighted by molar-refractivity contribution is 0.159. The minimum Gasteiger partial charge on any atom is -0.396 e. The number of nitrogens with two attached hydrogens (primary N) is 1. The van der Waals surface area contributed by atoms with Gasteiger partial charge in [0.2, 0.25) is 0 Å². The van der Waals surface area contributed by atoms with Crippen LogP contribution in [0.5, 0.6) is 0 Å². The van der Waals surface area contributed by atoms with Crippen molar-refractivity contribution in [3.8, 4) is 0 Å². The molecule has 1 atom stereocenters. The Hall–Kier alpha value is -1.13. The fourth-order valence-electron chi connectivity index (χ4n) is 1.34. The Kier molecular flexibility index (Phi) is 3.88. The van der Waals surface area contributed by atoms with Crippen molar-refractivity contribution in [2.24, 2.45) is 0 Å². The molecule has 0 saturated heterocycles. The summed E-state index contributed by atoms with van der Waals surface area (Å²) in [6, 6.07) is 4.65. The number of anilines is 1. The highest BCUT2D eigenvalue weighted by Gasteiger charge is 2.17. The van der Waals surface area contributed by atoms with E-state index in [0.29, 0.717) is 6.54 Å². The van der Waals surface area contributed by atoms with E-state index in [1.807, 2.05) is 20.8 Å².